The first-order chi connectivity index (χ1) is 23.7. The van der Waals surface area contributed by atoms with Crippen molar-refractivity contribution in [2.24, 2.45) is 0 Å². The molecule has 0 bridgehead atoms. The van der Waals surface area contributed by atoms with Gasteiger partial charge >= 0.3 is 23.9 Å². The van der Waals surface area contributed by atoms with Crippen LogP contribution in [-0.2, 0) is 36.8 Å². The molecule has 0 aromatic heterocycles. The Balaban J connectivity index is 0.000000218. The van der Waals surface area contributed by atoms with E-state index < -0.39 is 23.9 Å². The van der Waals surface area contributed by atoms with Crippen molar-refractivity contribution in [2.45, 2.75) is 64.2 Å². The summed E-state index contributed by atoms with van der Waals surface area (Å²) in [4.78, 5) is 63.0. The van der Waals surface area contributed by atoms with Gasteiger partial charge in [0.05, 0.1) is 19.3 Å². The summed E-state index contributed by atoms with van der Waals surface area (Å²) in [5, 5.41) is 16.7. The van der Waals surface area contributed by atoms with Gasteiger partial charge in [0.15, 0.2) is 11.6 Å². The number of fused-ring (bicyclic) bond motifs is 1. The fourth-order valence-electron chi connectivity index (χ4n) is 4.48. The Labute approximate surface area is 286 Å². The van der Waals surface area contributed by atoms with Crippen molar-refractivity contribution >= 4 is 35.4 Å². The molecule has 0 saturated carbocycles. The third kappa shape index (κ3) is 18.3. The van der Waals surface area contributed by atoms with E-state index in [1.807, 2.05) is 97.1 Å². The van der Waals surface area contributed by atoms with Gasteiger partial charge in [-0.15, -0.1) is 0 Å². The number of Topliss-reactive ketones (excluding diaryl/α,β-unsaturated/α-hetero) is 2. The van der Waals surface area contributed by atoms with E-state index in [-0.39, 0.29) is 37.9 Å². The number of rotatable bonds is 8. The van der Waals surface area contributed by atoms with E-state index in [2.05, 4.69) is 4.74 Å². The molecule has 4 aromatic rings. The van der Waals surface area contributed by atoms with Crippen LogP contribution in [0.2, 0.25) is 0 Å². The fourth-order valence-corrected chi connectivity index (χ4v) is 4.48. The zero-order valence-electron chi connectivity index (χ0n) is 27.4. The summed E-state index contributed by atoms with van der Waals surface area (Å²) in [6.07, 6.45) is 5.15. The average molecular weight is 667 g/mol. The molecule has 0 spiro atoms. The van der Waals surface area contributed by atoms with Gasteiger partial charge in [0.25, 0.3) is 0 Å². The molecule has 1 fully saturated rings. The van der Waals surface area contributed by atoms with Gasteiger partial charge in [0, 0.05) is 30.4 Å². The lowest BCUT2D eigenvalue weighted by molar-refractivity contribution is -0.152. The monoisotopic (exact) mass is 666 g/mol. The quantitative estimate of drug-likeness (QED) is 0.110. The van der Waals surface area contributed by atoms with Crippen LogP contribution in [-0.4, -0.2) is 45.7 Å². The number of hydrogen-bond donors (Lipinski definition) is 2. The zero-order chi connectivity index (χ0) is 35.7. The van der Waals surface area contributed by atoms with E-state index in [1.165, 1.54) is 11.1 Å². The Morgan fingerprint density at radius 2 is 1.04 bits per heavy atom. The highest BCUT2D eigenvalue weighted by Gasteiger charge is 2.19. The molecule has 1 aliphatic carbocycles. The molecule has 0 amide bonds. The van der Waals surface area contributed by atoms with Crippen LogP contribution in [0.1, 0.15) is 83.2 Å². The predicted molar refractivity (Wildman–Crippen MR) is 185 cm³/mol. The highest BCUT2D eigenvalue weighted by Crippen LogP contribution is 2.20. The topological polar surface area (TPSA) is 152 Å². The van der Waals surface area contributed by atoms with E-state index in [4.69, 9.17) is 10.2 Å². The Morgan fingerprint density at radius 1 is 0.551 bits per heavy atom. The number of benzene rings is 4. The number of aliphatic carboxylic acids is 2. The van der Waals surface area contributed by atoms with Crippen molar-refractivity contribution in [2.75, 3.05) is 0 Å². The van der Waals surface area contributed by atoms with E-state index in [9.17, 15) is 28.8 Å². The van der Waals surface area contributed by atoms with Crippen molar-refractivity contribution in [3.63, 3.8) is 0 Å². The molecule has 9 heteroatoms. The molecule has 2 N–H and O–H groups in total. The molecule has 0 radical (unpaired) electrons. The zero-order valence-corrected chi connectivity index (χ0v) is 27.4. The van der Waals surface area contributed by atoms with Gasteiger partial charge in [-0.1, -0.05) is 121 Å². The van der Waals surface area contributed by atoms with Gasteiger partial charge in [-0.3, -0.25) is 28.8 Å². The van der Waals surface area contributed by atoms with Crippen molar-refractivity contribution < 1.29 is 43.7 Å². The number of esters is 2. The summed E-state index contributed by atoms with van der Waals surface area (Å²) in [6, 6.07) is 38.5. The van der Waals surface area contributed by atoms with Gasteiger partial charge in [0.2, 0.25) is 0 Å². The number of cyclic esters (lactones) is 2. The van der Waals surface area contributed by atoms with Gasteiger partial charge in [-0.05, 0) is 36.8 Å². The summed E-state index contributed by atoms with van der Waals surface area (Å²) in [5.41, 5.74) is 3.95. The predicted octanol–water partition coefficient (Wildman–Crippen LogP) is 7.57. The van der Waals surface area contributed by atoms with Crippen LogP contribution in [0.5, 0.6) is 0 Å². The number of carboxylic acids is 2. The first-order valence-electron chi connectivity index (χ1n) is 16.1. The second-order valence-electron chi connectivity index (χ2n) is 10.9. The van der Waals surface area contributed by atoms with Crippen molar-refractivity contribution in [3.8, 4) is 0 Å². The maximum atomic E-state index is 11.3. The van der Waals surface area contributed by atoms with Crippen LogP contribution in [0.3, 0.4) is 0 Å². The minimum absolute atomic E-state index is 0.0688. The smallest absolute Gasteiger partial charge is 0.314 e. The number of ketones is 2. The number of hydrogen-bond acceptors (Lipinski definition) is 7. The van der Waals surface area contributed by atoms with Crippen LogP contribution in [0.4, 0.5) is 0 Å². The lowest BCUT2D eigenvalue weighted by Crippen LogP contribution is -2.09. The minimum Gasteiger partial charge on any atom is -0.481 e. The maximum Gasteiger partial charge on any atom is 0.314 e. The van der Waals surface area contributed by atoms with Gasteiger partial charge in [-0.25, -0.2) is 0 Å². The highest BCUT2D eigenvalue weighted by molar-refractivity contribution is 5.98. The molecule has 0 atom stereocenters. The molecule has 1 aliphatic heterocycles. The Bertz CT molecular complexity index is 1560. The molecular weight excluding hydrogens is 624 g/mol. The molecule has 9 nitrogen and oxygen atoms in total. The van der Waals surface area contributed by atoms with Crippen molar-refractivity contribution in [1.82, 2.24) is 0 Å². The van der Waals surface area contributed by atoms with Crippen molar-refractivity contribution in [3.05, 3.63) is 144 Å². The molecule has 49 heavy (non-hydrogen) atoms. The molecular formula is C40H42O9. The molecule has 256 valence electrons. The fraction of sp³-hybridized carbons (Fsp3) is 0.250. The molecule has 0 unspecified atom stereocenters. The summed E-state index contributed by atoms with van der Waals surface area (Å²) in [7, 11) is 0. The Kier molecular flexibility index (Phi) is 19.0. The SMILES string of the molecule is O=C(O)CCC(=O)c1ccccc1.O=C(O)CCCc1ccccc1.O=C1CCC(=O)O1.O=C1CCCc2ccccc21.c1ccccc1. The number of carbonyl (C=O) groups is 6. The second kappa shape index (κ2) is 23.6. The summed E-state index contributed by atoms with van der Waals surface area (Å²) < 4.78 is 4.08. The van der Waals surface area contributed by atoms with Crippen molar-refractivity contribution in [1.29, 1.82) is 0 Å². The molecule has 1 saturated heterocycles. The van der Waals surface area contributed by atoms with Gasteiger partial charge in [-0.2, -0.15) is 0 Å². The summed E-state index contributed by atoms with van der Waals surface area (Å²) in [5.74, 6) is -2.26. The molecule has 4 aromatic carbocycles. The number of ether oxygens (including phenoxy) is 1. The van der Waals surface area contributed by atoms with E-state index in [0.717, 1.165) is 37.7 Å². The number of carboxylic acid groups (broad SMARTS) is 2. The van der Waals surface area contributed by atoms with Crippen LogP contribution in [0.25, 0.3) is 0 Å². The minimum atomic E-state index is -0.940. The maximum absolute atomic E-state index is 11.3. The molecule has 2 aliphatic rings. The lowest BCUT2D eigenvalue weighted by Gasteiger charge is -2.12. The molecule has 6 rings (SSSR count). The van der Waals surface area contributed by atoms with Gasteiger partial charge in [0.1, 0.15) is 0 Å². The van der Waals surface area contributed by atoms with Crippen LogP contribution in [0.15, 0.2) is 121 Å². The Morgan fingerprint density at radius 3 is 1.53 bits per heavy atom. The standard InChI is InChI=1S/C10H10O3.C10H12O2.C10H10O.C6H6.C4H4O3/c11-9(6-7-10(12)13)8-4-2-1-3-5-8;11-10(12)8-4-7-9-5-2-1-3-6-9;11-10-7-3-5-8-4-1-2-6-9(8)10;1-2-4-6-5-3-1;5-3-1-2-4(6)7-3/h1-5H,6-7H2,(H,12,13);1-3,5-6H,4,7-8H2,(H,11,12);1-2,4,6H,3,5,7H2;1-6H;1-2H2. The summed E-state index contributed by atoms with van der Waals surface area (Å²) in [6.45, 7) is 0. The largest absolute Gasteiger partial charge is 0.481 e. The average Bonchev–Trinajstić information content (AvgIpc) is 3.52. The van der Waals surface area contributed by atoms with E-state index >= 15 is 0 Å². The van der Waals surface area contributed by atoms with Crippen LogP contribution < -0.4 is 0 Å². The third-order valence-electron chi connectivity index (χ3n) is 6.96. The molecule has 1 heterocycles. The van der Waals surface area contributed by atoms with Crippen LogP contribution in [0, 0.1) is 0 Å². The number of aryl methyl sites for hydroxylation is 2. The first-order valence-corrected chi connectivity index (χ1v) is 16.1. The summed E-state index contributed by atoms with van der Waals surface area (Å²) >= 11 is 0. The van der Waals surface area contributed by atoms with E-state index in [0.29, 0.717) is 11.3 Å². The number of carbonyl (C=O) groups excluding carboxylic acids is 4. The van der Waals surface area contributed by atoms with E-state index in [1.54, 1.807) is 24.3 Å². The lowest BCUT2D eigenvalue weighted by atomic mass is 9.91. The van der Waals surface area contributed by atoms with Crippen LogP contribution >= 0.6 is 0 Å². The first kappa shape index (κ1) is 39.5. The normalized spacial score (nSPS) is 12.4. The highest BCUT2D eigenvalue weighted by atomic mass is 16.6. The van der Waals surface area contributed by atoms with Gasteiger partial charge < -0.3 is 14.9 Å². The second-order valence-corrected chi connectivity index (χ2v) is 10.9. The third-order valence-corrected chi connectivity index (χ3v) is 6.96. The Hall–Kier alpha value is -5.70.